The Balaban J connectivity index is 6.23. The molecular weight excluding hydrogens is 352 g/mol. The zero-order chi connectivity index (χ0) is 15.9. The van der Waals surface area contributed by atoms with Crippen LogP contribution >= 0.6 is 30.4 Å². The van der Waals surface area contributed by atoms with Gasteiger partial charge in [0, 0.05) is 0 Å². The van der Waals surface area contributed by atoms with E-state index in [1.54, 1.807) is 0 Å². The van der Waals surface area contributed by atoms with Crippen LogP contribution in [0.2, 0.25) is 0 Å². The van der Waals surface area contributed by atoms with E-state index in [1.807, 2.05) is 0 Å². The first kappa shape index (κ1) is 19.6. The summed E-state index contributed by atoms with van der Waals surface area (Å²) in [6, 6.07) is 0. The van der Waals surface area contributed by atoms with Gasteiger partial charge in [0.1, 0.15) is 0 Å². The molecule has 8 N–H and O–H groups in total. The van der Waals surface area contributed by atoms with Crippen molar-refractivity contribution in [3.8, 4) is 0 Å². The lowest BCUT2D eigenvalue weighted by Gasteiger charge is -2.34. The van der Waals surface area contributed by atoms with Gasteiger partial charge in [0.05, 0.1) is 12.3 Å². The van der Waals surface area contributed by atoms with E-state index >= 15 is 0 Å². The topological polar surface area (TPSA) is 230 Å². The largest absolute Gasteiger partial charge is 0.345 e. The Labute approximate surface area is 106 Å². The van der Waals surface area contributed by atoms with Gasteiger partial charge in [-0.2, -0.15) is 0 Å². The third kappa shape index (κ3) is 5.47. The molecule has 0 spiro atoms. The van der Waals surface area contributed by atoms with Crippen molar-refractivity contribution >= 4 is 30.4 Å². The highest BCUT2D eigenvalue weighted by Crippen LogP contribution is 2.74. The van der Waals surface area contributed by atoms with Crippen LogP contribution in [0.5, 0.6) is 0 Å². The normalized spacial score (nSPS) is 15.6. The van der Waals surface area contributed by atoms with Gasteiger partial charge in [-0.15, -0.1) is 0 Å². The Morgan fingerprint density at radius 3 is 0.895 bits per heavy atom. The molecule has 0 amide bonds. The van der Waals surface area contributed by atoms with Crippen LogP contribution in [0.15, 0.2) is 0 Å². The van der Waals surface area contributed by atoms with Crippen LogP contribution in [0.3, 0.4) is 0 Å². The first-order valence-corrected chi connectivity index (χ1v) is 10.9. The van der Waals surface area contributed by atoms with E-state index in [1.165, 1.54) is 0 Å². The van der Waals surface area contributed by atoms with Gasteiger partial charge >= 0.3 is 30.4 Å². The molecule has 0 aliphatic rings. The molecule has 0 aromatic heterocycles. The molecule has 0 bridgehead atoms. The average molecular weight is 364 g/mol. The van der Waals surface area contributed by atoms with Crippen molar-refractivity contribution < 1.29 is 57.4 Å². The molecule has 0 aliphatic carbocycles. The maximum Gasteiger partial charge on any atom is 0.345 e. The molecular formula is C3H12O12P4. The molecule has 0 atom stereocenters. The lowest BCUT2D eigenvalue weighted by Crippen LogP contribution is -2.37. The maximum atomic E-state index is 11.2. The summed E-state index contributed by atoms with van der Waals surface area (Å²) in [4.78, 5) is 66.4. The van der Waals surface area contributed by atoms with Crippen LogP contribution in [-0.4, -0.2) is 56.4 Å². The van der Waals surface area contributed by atoms with Crippen LogP contribution in [0.4, 0.5) is 0 Å². The predicted molar refractivity (Wildman–Crippen MR) is 60.6 cm³/mol. The van der Waals surface area contributed by atoms with Gasteiger partial charge in [-0.3, -0.25) is 18.3 Å². The SMILES string of the molecule is O=P(O)(O)CC(CP(=O)(O)O)(P(=O)(O)O)P(=O)(O)O. The van der Waals surface area contributed by atoms with Gasteiger partial charge in [0.2, 0.25) is 0 Å². The highest BCUT2D eigenvalue weighted by Gasteiger charge is 2.65. The summed E-state index contributed by atoms with van der Waals surface area (Å²) in [7, 11) is -22.7. The molecule has 12 nitrogen and oxygen atoms in total. The summed E-state index contributed by atoms with van der Waals surface area (Å²) in [5.41, 5.74) is 0. The van der Waals surface area contributed by atoms with Gasteiger partial charge in [-0.1, -0.05) is 0 Å². The summed E-state index contributed by atoms with van der Waals surface area (Å²) in [6.45, 7) is 0. The summed E-state index contributed by atoms with van der Waals surface area (Å²) < 4.78 is 43.9. The van der Waals surface area contributed by atoms with E-state index in [4.69, 9.17) is 39.1 Å². The minimum atomic E-state index is -5.97. The van der Waals surface area contributed by atoms with Crippen molar-refractivity contribution in [1.82, 2.24) is 0 Å². The summed E-state index contributed by atoms with van der Waals surface area (Å²) in [5.74, 6) is 0. The molecule has 16 heteroatoms. The van der Waals surface area contributed by atoms with E-state index in [0.717, 1.165) is 0 Å². The molecule has 0 fully saturated rings. The molecule has 0 saturated heterocycles. The molecule has 0 saturated carbocycles. The zero-order valence-electron chi connectivity index (χ0n) is 8.91. The first-order valence-electron chi connectivity index (χ1n) is 4.12. The third-order valence-electron chi connectivity index (χ3n) is 2.00. The van der Waals surface area contributed by atoms with Crippen molar-refractivity contribution in [2.75, 3.05) is 12.3 Å². The van der Waals surface area contributed by atoms with E-state index in [-0.39, 0.29) is 0 Å². The zero-order valence-corrected chi connectivity index (χ0v) is 12.5. The van der Waals surface area contributed by atoms with Gasteiger partial charge in [0.25, 0.3) is 0 Å². The van der Waals surface area contributed by atoms with Crippen LogP contribution in [0, 0.1) is 0 Å². The summed E-state index contributed by atoms with van der Waals surface area (Å²) in [6.07, 6.45) is -4.14. The van der Waals surface area contributed by atoms with Crippen molar-refractivity contribution in [3.05, 3.63) is 0 Å². The Bertz CT molecular complexity index is 463. The van der Waals surface area contributed by atoms with Gasteiger partial charge < -0.3 is 39.1 Å². The van der Waals surface area contributed by atoms with E-state index in [2.05, 4.69) is 0 Å². The number of rotatable bonds is 6. The second-order valence-electron chi connectivity index (χ2n) is 3.72. The van der Waals surface area contributed by atoms with Crippen molar-refractivity contribution in [3.63, 3.8) is 0 Å². The molecule has 0 aromatic rings. The standard InChI is InChI=1S/C3H12O12P4/c4-16(5,6)1-3(18(10,11)12,19(13,14)15)2-17(7,8)9/h1-2H2,(H2,4,5,6)(H2,7,8,9)(H2,10,11,12)(H2,13,14,15). The summed E-state index contributed by atoms with van der Waals surface area (Å²) >= 11 is 0. The predicted octanol–water partition coefficient (Wildman–Crippen LogP) is -1.61. The monoisotopic (exact) mass is 364 g/mol. The smallest absolute Gasteiger partial charge is 0.324 e. The minimum Gasteiger partial charge on any atom is -0.324 e. The molecule has 0 aliphatic heterocycles. The Morgan fingerprint density at radius 2 is 0.789 bits per heavy atom. The molecule has 0 aromatic carbocycles. The van der Waals surface area contributed by atoms with E-state index in [9.17, 15) is 18.3 Å². The van der Waals surface area contributed by atoms with Gasteiger partial charge in [0.15, 0.2) is 4.90 Å². The molecule has 0 unspecified atom stereocenters. The van der Waals surface area contributed by atoms with Crippen molar-refractivity contribution in [2.45, 2.75) is 4.90 Å². The van der Waals surface area contributed by atoms with Gasteiger partial charge in [-0.05, 0) is 0 Å². The fourth-order valence-electron chi connectivity index (χ4n) is 1.25. The van der Waals surface area contributed by atoms with Crippen molar-refractivity contribution in [1.29, 1.82) is 0 Å². The Kier molecular flexibility index (Phi) is 5.59. The lowest BCUT2D eigenvalue weighted by atomic mass is 10.5. The summed E-state index contributed by atoms with van der Waals surface area (Å²) in [5, 5.41) is 0. The third-order valence-corrected chi connectivity index (χ3v) is 9.27. The molecule has 0 rings (SSSR count). The Hall–Kier alpha value is 0.600. The van der Waals surface area contributed by atoms with E-state index < -0.39 is 47.6 Å². The average Bonchev–Trinajstić information content (AvgIpc) is 1.91. The number of hydrogen-bond acceptors (Lipinski definition) is 4. The Morgan fingerprint density at radius 1 is 0.579 bits per heavy atom. The molecule has 19 heavy (non-hydrogen) atoms. The second kappa shape index (κ2) is 5.42. The highest BCUT2D eigenvalue weighted by atomic mass is 31.2. The fraction of sp³-hybridized carbons (Fsp3) is 1.00. The van der Waals surface area contributed by atoms with Crippen LogP contribution in [0.1, 0.15) is 0 Å². The van der Waals surface area contributed by atoms with E-state index in [0.29, 0.717) is 0 Å². The number of hydrogen-bond donors (Lipinski definition) is 8. The van der Waals surface area contributed by atoms with Crippen molar-refractivity contribution in [2.24, 2.45) is 0 Å². The molecule has 0 radical (unpaired) electrons. The van der Waals surface area contributed by atoms with Gasteiger partial charge in [-0.25, -0.2) is 0 Å². The van der Waals surface area contributed by atoms with Crippen LogP contribution in [0.25, 0.3) is 0 Å². The fourth-order valence-corrected chi connectivity index (χ4v) is 9.48. The first-order chi connectivity index (χ1) is 7.91. The minimum absolute atomic E-state index is 2.07. The second-order valence-corrected chi connectivity index (χ2v) is 11.2. The van der Waals surface area contributed by atoms with Crippen LogP contribution in [-0.2, 0) is 18.3 Å². The maximum absolute atomic E-state index is 11.2. The highest BCUT2D eigenvalue weighted by molar-refractivity contribution is 7.75. The van der Waals surface area contributed by atoms with Crippen LogP contribution < -0.4 is 0 Å². The molecule has 0 heterocycles. The molecule has 116 valence electrons. The quantitative estimate of drug-likeness (QED) is 0.249. The lowest BCUT2D eigenvalue weighted by molar-refractivity contribution is 0.300.